The molecule has 5 heterocycles. The molecule has 4 aliphatic rings. The molecule has 3 aliphatic heterocycles. The number of nitriles is 1. The monoisotopic (exact) mass is 581 g/mol. The number of anilines is 2. The number of aryl methyl sites for hydroxylation is 1. The van der Waals surface area contributed by atoms with Gasteiger partial charge < -0.3 is 19.4 Å². The van der Waals surface area contributed by atoms with Crippen molar-refractivity contribution in [2.45, 2.75) is 70.1 Å². The summed E-state index contributed by atoms with van der Waals surface area (Å²) < 4.78 is 6.42. The molecule has 0 spiro atoms. The maximum Gasteiger partial charge on any atom is 0.318 e. The second-order valence-corrected chi connectivity index (χ2v) is 12.3. The largest absolute Gasteiger partial charge is 0.462 e. The number of nitrogens with zero attached hydrogens (tertiary/aromatic N) is 8. The summed E-state index contributed by atoms with van der Waals surface area (Å²) in [6.45, 7) is 10.7. The van der Waals surface area contributed by atoms with E-state index in [0.29, 0.717) is 50.9 Å². The zero-order valence-electron chi connectivity index (χ0n) is 24.8. The molecule has 1 N–H and O–H groups in total. The van der Waals surface area contributed by atoms with E-state index < -0.39 is 0 Å². The molecule has 11 heteroatoms. The first-order valence-electron chi connectivity index (χ1n) is 15.5. The lowest BCUT2D eigenvalue weighted by Crippen LogP contribution is -2.55. The molecule has 224 valence electrons. The number of carbonyl (C=O) groups is 1. The van der Waals surface area contributed by atoms with Gasteiger partial charge in [-0.05, 0) is 63.3 Å². The van der Waals surface area contributed by atoms with Crippen LogP contribution in [0.2, 0.25) is 0 Å². The Kier molecular flexibility index (Phi) is 7.39. The molecule has 1 amide bonds. The Hall–Kier alpha value is -4.17. The number of amides is 1. The van der Waals surface area contributed by atoms with Crippen LogP contribution in [0.25, 0.3) is 10.9 Å². The number of aromatic nitrogens is 4. The minimum Gasteiger partial charge on any atom is -0.462 e. The number of aromatic amines is 1. The first kappa shape index (κ1) is 27.7. The van der Waals surface area contributed by atoms with Gasteiger partial charge in [-0.3, -0.25) is 14.8 Å². The van der Waals surface area contributed by atoms with Gasteiger partial charge in [0, 0.05) is 49.2 Å². The first-order valence-corrected chi connectivity index (χ1v) is 15.5. The number of H-pyrrole nitrogens is 1. The van der Waals surface area contributed by atoms with Crippen LogP contribution in [-0.2, 0) is 17.8 Å². The summed E-state index contributed by atoms with van der Waals surface area (Å²) >= 11 is 0. The van der Waals surface area contributed by atoms with E-state index in [2.05, 4.69) is 56.6 Å². The van der Waals surface area contributed by atoms with E-state index in [1.165, 1.54) is 36.6 Å². The zero-order chi connectivity index (χ0) is 29.5. The maximum atomic E-state index is 12.6. The lowest BCUT2D eigenvalue weighted by molar-refractivity contribution is -0.128. The molecule has 2 saturated heterocycles. The van der Waals surface area contributed by atoms with Crippen LogP contribution < -0.4 is 14.5 Å². The molecule has 1 aromatic carbocycles. The van der Waals surface area contributed by atoms with Crippen molar-refractivity contribution in [1.29, 1.82) is 5.26 Å². The van der Waals surface area contributed by atoms with Crippen molar-refractivity contribution in [2.75, 3.05) is 49.1 Å². The average molecular weight is 582 g/mol. The van der Waals surface area contributed by atoms with E-state index in [1.54, 1.807) is 4.90 Å². The van der Waals surface area contributed by atoms with Crippen molar-refractivity contribution < 1.29 is 9.53 Å². The number of nitrogens with one attached hydrogen (secondary N) is 1. The van der Waals surface area contributed by atoms with E-state index in [-0.39, 0.29) is 18.4 Å². The highest BCUT2D eigenvalue weighted by molar-refractivity contribution is 5.93. The van der Waals surface area contributed by atoms with Crippen LogP contribution in [0.3, 0.4) is 0 Å². The molecule has 2 aromatic heterocycles. The molecule has 0 bridgehead atoms. The van der Waals surface area contributed by atoms with Gasteiger partial charge in [-0.2, -0.15) is 20.3 Å². The minimum atomic E-state index is -0.230. The SMILES string of the molecule is C=CC(=O)N1CCN(c2nc(OCC3CCCN3C3CC3)nc3c2CCN(c2c(C)ccc4[nH]ncc24)C3)CC1CC#N. The van der Waals surface area contributed by atoms with Crippen LogP contribution in [0.15, 0.2) is 31.0 Å². The van der Waals surface area contributed by atoms with Gasteiger partial charge >= 0.3 is 6.01 Å². The first-order chi connectivity index (χ1) is 21.0. The number of ether oxygens (including phenoxy) is 1. The molecule has 7 rings (SSSR count). The summed E-state index contributed by atoms with van der Waals surface area (Å²) in [6.07, 6.45) is 9.22. The Balaban J connectivity index is 1.21. The molecule has 1 aliphatic carbocycles. The molecule has 3 fully saturated rings. The van der Waals surface area contributed by atoms with Crippen molar-refractivity contribution in [1.82, 2.24) is 30.0 Å². The van der Waals surface area contributed by atoms with Crippen LogP contribution in [0.1, 0.15) is 48.9 Å². The van der Waals surface area contributed by atoms with Crippen LogP contribution >= 0.6 is 0 Å². The second kappa shape index (κ2) is 11.5. The predicted molar refractivity (Wildman–Crippen MR) is 164 cm³/mol. The van der Waals surface area contributed by atoms with E-state index in [0.717, 1.165) is 53.9 Å². The zero-order valence-corrected chi connectivity index (χ0v) is 24.8. The van der Waals surface area contributed by atoms with Crippen LogP contribution in [0.4, 0.5) is 11.5 Å². The van der Waals surface area contributed by atoms with E-state index in [4.69, 9.17) is 14.7 Å². The van der Waals surface area contributed by atoms with Crippen molar-refractivity contribution in [3.05, 3.63) is 47.8 Å². The highest BCUT2D eigenvalue weighted by atomic mass is 16.5. The Morgan fingerprint density at radius 1 is 1.16 bits per heavy atom. The second-order valence-electron chi connectivity index (χ2n) is 12.3. The Labute approximate surface area is 252 Å². The molecular formula is C32H39N9O2. The topological polar surface area (TPSA) is 118 Å². The van der Waals surface area contributed by atoms with Gasteiger partial charge in [-0.15, -0.1) is 0 Å². The van der Waals surface area contributed by atoms with Gasteiger partial charge in [0.05, 0.1) is 48.2 Å². The van der Waals surface area contributed by atoms with Gasteiger partial charge in [-0.1, -0.05) is 12.6 Å². The molecule has 1 saturated carbocycles. The number of fused-ring (bicyclic) bond motifs is 2. The van der Waals surface area contributed by atoms with Crippen LogP contribution in [0, 0.1) is 18.3 Å². The van der Waals surface area contributed by atoms with Gasteiger partial charge in [-0.25, -0.2) is 0 Å². The highest BCUT2D eigenvalue weighted by Gasteiger charge is 2.38. The normalized spacial score (nSPS) is 22.5. The third kappa shape index (κ3) is 5.29. The minimum absolute atomic E-state index is 0.134. The number of benzene rings is 1. The maximum absolute atomic E-state index is 12.6. The Bertz CT molecular complexity index is 1570. The summed E-state index contributed by atoms with van der Waals surface area (Å²) in [5, 5.41) is 18.1. The fraction of sp³-hybridized carbons (Fsp3) is 0.531. The fourth-order valence-corrected chi connectivity index (χ4v) is 7.27. The predicted octanol–water partition coefficient (Wildman–Crippen LogP) is 3.35. The number of piperazine rings is 1. The third-order valence-corrected chi connectivity index (χ3v) is 9.55. The molecule has 43 heavy (non-hydrogen) atoms. The van der Waals surface area contributed by atoms with Gasteiger partial charge in [0.25, 0.3) is 0 Å². The third-order valence-electron chi connectivity index (χ3n) is 9.55. The Morgan fingerprint density at radius 2 is 2.05 bits per heavy atom. The summed E-state index contributed by atoms with van der Waals surface area (Å²) in [5.74, 6) is 0.738. The number of hydrogen-bond donors (Lipinski definition) is 1. The smallest absolute Gasteiger partial charge is 0.318 e. The molecular weight excluding hydrogens is 542 g/mol. The highest BCUT2D eigenvalue weighted by Crippen LogP contribution is 2.37. The molecule has 11 nitrogen and oxygen atoms in total. The quantitative estimate of drug-likeness (QED) is 0.400. The number of rotatable bonds is 8. The molecule has 0 radical (unpaired) electrons. The van der Waals surface area contributed by atoms with Gasteiger partial charge in [0.2, 0.25) is 5.91 Å². The van der Waals surface area contributed by atoms with Crippen molar-refractivity contribution >= 4 is 28.3 Å². The summed E-state index contributed by atoms with van der Waals surface area (Å²) in [6, 6.07) is 7.79. The van der Waals surface area contributed by atoms with Crippen LogP contribution in [0.5, 0.6) is 6.01 Å². The molecule has 2 unspecified atom stereocenters. The number of carbonyl (C=O) groups excluding carboxylic acids is 1. The lowest BCUT2D eigenvalue weighted by Gasteiger charge is -2.42. The average Bonchev–Trinajstić information content (AvgIpc) is 3.56. The summed E-state index contributed by atoms with van der Waals surface area (Å²) in [7, 11) is 0. The van der Waals surface area contributed by atoms with E-state index in [9.17, 15) is 10.1 Å². The summed E-state index contributed by atoms with van der Waals surface area (Å²) in [5.41, 5.74) is 5.49. The fourth-order valence-electron chi connectivity index (χ4n) is 7.27. The number of hydrogen-bond acceptors (Lipinski definition) is 9. The van der Waals surface area contributed by atoms with Crippen molar-refractivity contribution in [3.8, 4) is 12.1 Å². The molecule has 3 aromatic rings. The van der Waals surface area contributed by atoms with Crippen molar-refractivity contribution in [3.63, 3.8) is 0 Å². The summed E-state index contributed by atoms with van der Waals surface area (Å²) in [4.78, 5) is 31.6. The van der Waals surface area contributed by atoms with Crippen molar-refractivity contribution in [2.24, 2.45) is 0 Å². The lowest BCUT2D eigenvalue weighted by atomic mass is 10.0. The number of likely N-dealkylation sites (tertiary alicyclic amines) is 1. The Morgan fingerprint density at radius 3 is 2.86 bits per heavy atom. The van der Waals surface area contributed by atoms with E-state index in [1.807, 2.05) is 6.20 Å². The molecule has 2 atom stereocenters. The standard InChI is InChI=1S/C32H39N9O2/c1-3-29(42)41-16-15-39(18-23(41)10-12-33)31-25-11-14-38(30-21(2)6-9-27-26(30)17-34-37-27)19-28(25)35-32(36-31)43-20-24-5-4-13-40(24)22-7-8-22/h3,6,9,17,22-24H,1,4-5,7-8,10-11,13-16,18-20H2,2H3,(H,34,37). The van der Waals surface area contributed by atoms with Gasteiger partial charge in [0.1, 0.15) is 12.4 Å². The van der Waals surface area contributed by atoms with Gasteiger partial charge in [0.15, 0.2) is 0 Å². The van der Waals surface area contributed by atoms with E-state index >= 15 is 0 Å². The van der Waals surface area contributed by atoms with Crippen LogP contribution in [-0.4, -0.2) is 93.3 Å².